The van der Waals surface area contributed by atoms with E-state index in [1.54, 1.807) is 0 Å². The summed E-state index contributed by atoms with van der Waals surface area (Å²) in [5, 5.41) is 5.44. The summed E-state index contributed by atoms with van der Waals surface area (Å²) in [6.07, 6.45) is 0. The van der Waals surface area contributed by atoms with Gasteiger partial charge in [0.05, 0.1) is 0 Å². The molecule has 0 spiro atoms. The highest BCUT2D eigenvalue weighted by Gasteiger charge is 2.47. The average molecular weight is 404 g/mol. The summed E-state index contributed by atoms with van der Waals surface area (Å²) >= 11 is 0. The molecule has 0 atom stereocenters. The lowest BCUT2D eigenvalue weighted by Gasteiger charge is -2.27. The van der Waals surface area contributed by atoms with Gasteiger partial charge in [0.25, 0.3) is 0 Å². The SMILES string of the molecule is NCc1ccc([P+](c2ccccc2)(c2ccccc2)c2ccccc2)cc1.[Cl-]. The molecule has 4 aromatic carbocycles. The smallest absolute Gasteiger partial charge is 0.144 e. The predicted molar refractivity (Wildman–Crippen MR) is 119 cm³/mol. The highest BCUT2D eigenvalue weighted by molar-refractivity contribution is 8.01. The van der Waals surface area contributed by atoms with Crippen LogP contribution >= 0.6 is 7.26 Å². The summed E-state index contributed by atoms with van der Waals surface area (Å²) in [5.41, 5.74) is 7.01. The highest BCUT2D eigenvalue weighted by atomic mass is 35.5. The van der Waals surface area contributed by atoms with E-state index in [1.807, 2.05) is 0 Å². The summed E-state index contributed by atoms with van der Waals surface area (Å²) in [4.78, 5) is 0. The molecule has 2 N–H and O–H groups in total. The van der Waals surface area contributed by atoms with Crippen LogP contribution in [0.3, 0.4) is 0 Å². The van der Waals surface area contributed by atoms with Gasteiger partial charge >= 0.3 is 0 Å². The Balaban J connectivity index is 0.00000225. The first kappa shape index (κ1) is 20.3. The second kappa shape index (κ2) is 9.17. The lowest BCUT2D eigenvalue weighted by Crippen LogP contribution is -3.00. The average Bonchev–Trinajstić information content (AvgIpc) is 2.77. The van der Waals surface area contributed by atoms with Gasteiger partial charge in [-0.1, -0.05) is 66.7 Å². The number of halogens is 1. The van der Waals surface area contributed by atoms with Crippen molar-refractivity contribution in [1.29, 1.82) is 0 Å². The van der Waals surface area contributed by atoms with Crippen LogP contribution in [-0.2, 0) is 6.54 Å². The summed E-state index contributed by atoms with van der Waals surface area (Å²) in [7, 11) is -1.98. The van der Waals surface area contributed by atoms with Gasteiger partial charge in [0.1, 0.15) is 28.5 Å². The Bertz CT molecular complexity index is 890. The van der Waals surface area contributed by atoms with Crippen molar-refractivity contribution in [3.63, 3.8) is 0 Å². The lowest BCUT2D eigenvalue weighted by atomic mass is 10.2. The van der Waals surface area contributed by atoms with Crippen molar-refractivity contribution < 1.29 is 12.4 Å². The molecule has 0 aliphatic rings. The van der Waals surface area contributed by atoms with Crippen molar-refractivity contribution in [1.82, 2.24) is 0 Å². The van der Waals surface area contributed by atoms with Crippen molar-refractivity contribution in [2.45, 2.75) is 6.54 Å². The van der Waals surface area contributed by atoms with Crippen LogP contribution < -0.4 is 39.4 Å². The van der Waals surface area contributed by atoms with E-state index in [1.165, 1.54) is 21.2 Å². The number of hydrogen-bond donors (Lipinski definition) is 1. The molecule has 4 aromatic rings. The van der Waals surface area contributed by atoms with Gasteiger partial charge in [-0.15, -0.1) is 0 Å². The standard InChI is InChI=1S/C25H23NP.ClH/c26-20-21-16-18-25(19-17-21)27(22-10-4-1-5-11-22,23-12-6-2-7-13-23)24-14-8-3-9-15-24;/h1-19H,20,26H2;1H/q+1;/p-1. The molecule has 3 heteroatoms. The Morgan fingerprint density at radius 1 is 0.464 bits per heavy atom. The molecular weight excluding hydrogens is 381 g/mol. The van der Waals surface area contributed by atoms with Crippen molar-refractivity contribution >= 4 is 28.5 Å². The molecular formula is C25H23ClNP. The minimum Gasteiger partial charge on any atom is -1.00 e. The van der Waals surface area contributed by atoms with Gasteiger partial charge in [0.2, 0.25) is 0 Å². The Morgan fingerprint density at radius 3 is 1.11 bits per heavy atom. The van der Waals surface area contributed by atoms with E-state index in [0.29, 0.717) is 6.54 Å². The number of benzene rings is 4. The molecule has 0 aromatic heterocycles. The molecule has 0 bridgehead atoms. The van der Waals surface area contributed by atoms with E-state index >= 15 is 0 Å². The van der Waals surface area contributed by atoms with Crippen molar-refractivity contribution in [2.75, 3.05) is 0 Å². The zero-order valence-corrected chi connectivity index (χ0v) is 17.2. The third-order valence-electron chi connectivity index (χ3n) is 4.99. The maximum Gasteiger partial charge on any atom is 0.144 e. The fraction of sp³-hybridized carbons (Fsp3) is 0.0400. The first-order valence-corrected chi connectivity index (χ1v) is 11.0. The molecule has 0 amide bonds. The van der Waals surface area contributed by atoms with E-state index in [9.17, 15) is 0 Å². The molecule has 0 saturated carbocycles. The molecule has 0 saturated heterocycles. The molecule has 28 heavy (non-hydrogen) atoms. The Hall–Kier alpha value is -2.44. The molecule has 0 fully saturated rings. The Kier molecular flexibility index (Phi) is 6.65. The van der Waals surface area contributed by atoms with E-state index in [0.717, 1.165) is 5.56 Å². The van der Waals surface area contributed by atoms with Crippen LogP contribution in [0.5, 0.6) is 0 Å². The lowest BCUT2D eigenvalue weighted by molar-refractivity contribution is -0.00000524. The Morgan fingerprint density at radius 2 is 0.786 bits per heavy atom. The molecule has 0 aliphatic heterocycles. The van der Waals surface area contributed by atoms with Gasteiger partial charge in [-0.3, -0.25) is 0 Å². The quantitative estimate of drug-likeness (QED) is 0.489. The van der Waals surface area contributed by atoms with Crippen LogP contribution in [0, 0.1) is 0 Å². The topological polar surface area (TPSA) is 26.0 Å². The second-order valence-electron chi connectivity index (χ2n) is 6.55. The number of rotatable bonds is 5. The monoisotopic (exact) mass is 403 g/mol. The first-order valence-electron chi connectivity index (χ1n) is 9.21. The van der Waals surface area contributed by atoms with Gasteiger partial charge in [0, 0.05) is 6.54 Å². The van der Waals surface area contributed by atoms with E-state index in [-0.39, 0.29) is 12.4 Å². The molecule has 0 unspecified atom stereocenters. The minimum absolute atomic E-state index is 0. The van der Waals surface area contributed by atoms with Crippen molar-refractivity contribution in [2.24, 2.45) is 5.73 Å². The largest absolute Gasteiger partial charge is 1.00 e. The van der Waals surface area contributed by atoms with E-state index in [4.69, 9.17) is 5.73 Å². The molecule has 140 valence electrons. The van der Waals surface area contributed by atoms with Gasteiger partial charge < -0.3 is 18.1 Å². The van der Waals surface area contributed by atoms with E-state index < -0.39 is 7.26 Å². The van der Waals surface area contributed by atoms with Crippen LogP contribution in [0.15, 0.2) is 115 Å². The summed E-state index contributed by atoms with van der Waals surface area (Å²) in [5.74, 6) is 0. The summed E-state index contributed by atoms with van der Waals surface area (Å²) < 4.78 is 0. The fourth-order valence-electron chi connectivity index (χ4n) is 3.70. The van der Waals surface area contributed by atoms with E-state index in [2.05, 4.69) is 115 Å². The second-order valence-corrected chi connectivity index (χ2v) is 9.96. The first-order chi connectivity index (χ1) is 13.4. The molecule has 4 rings (SSSR count). The molecule has 0 heterocycles. The van der Waals surface area contributed by atoms with Crippen LogP contribution in [0.25, 0.3) is 0 Å². The maximum atomic E-state index is 5.85. The zero-order valence-electron chi connectivity index (χ0n) is 15.6. The van der Waals surface area contributed by atoms with Gasteiger partial charge in [-0.2, -0.15) is 0 Å². The molecule has 0 radical (unpaired) electrons. The molecule has 1 nitrogen and oxygen atoms in total. The minimum atomic E-state index is -1.98. The number of nitrogens with two attached hydrogens (primary N) is 1. The maximum absolute atomic E-state index is 5.85. The van der Waals surface area contributed by atoms with Crippen LogP contribution in [-0.4, -0.2) is 0 Å². The van der Waals surface area contributed by atoms with Crippen LogP contribution in [0.4, 0.5) is 0 Å². The number of hydrogen-bond acceptors (Lipinski definition) is 1. The van der Waals surface area contributed by atoms with Crippen molar-refractivity contribution in [3.8, 4) is 0 Å². The third-order valence-corrected chi connectivity index (χ3v) is 9.28. The van der Waals surface area contributed by atoms with Crippen molar-refractivity contribution in [3.05, 3.63) is 121 Å². The summed E-state index contributed by atoms with van der Waals surface area (Å²) in [6, 6.07) is 41.6. The summed E-state index contributed by atoms with van der Waals surface area (Å²) in [6.45, 7) is 0.563. The van der Waals surface area contributed by atoms with Gasteiger partial charge in [-0.05, 0) is 54.1 Å². The van der Waals surface area contributed by atoms with Gasteiger partial charge in [-0.25, -0.2) is 0 Å². The molecule has 0 aliphatic carbocycles. The van der Waals surface area contributed by atoms with Gasteiger partial charge in [0.15, 0.2) is 0 Å². The predicted octanol–water partition coefficient (Wildman–Crippen LogP) is 0.769. The fourth-order valence-corrected chi connectivity index (χ4v) is 7.95. The van der Waals surface area contributed by atoms with Crippen LogP contribution in [0.2, 0.25) is 0 Å². The normalized spacial score (nSPS) is 10.9. The Labute approximate surface area is 174 Å². The van der Waals surface area contributed by atoms with Crippen LogP contribution in [0.1, 0.15) is 5.56 Å². The highest BCUT2D eigenvalue weighted by Crippen LogP contribution is 2.54. The zero-order chi connectivity index (χ0) is 18.5. The third kappa shape index (κ3) is 3.62.